The number of nitro benzene ring substituents is 1. The first-order valence-corrected chi connectivity index (χ1v) is 6.68. The molecule has 5 nitrogen and oxygen atoms in total. The Morgan fingerprint density at radius 3 is 2.43 bits per heavy atom. The normalized spacial score (nSPS) is 10.4. The molecule has 6 heteroatoms. The van der Waals surface area contributed by atoms with Gasteiger partial charge in [0.15, 0.2) is 0 Å². The van der Waals surface area contributed by atoms with Gasteiger partial charge in [0.25, 0.3) is 5.69 Å². The van der Waals surface area contributed by atoms with Crippen LogP contribution in [0.2, 0.25) is 5.02 Å². The van der Waals surface area contributed by atoms with Crippen LogP contribution in [0.4, 0.5) is 11.4 Å². The predicted molar refractivity (Wildman–Crippen MR) is 82.8 cm³/mol. The van der Waals surface area contributed by atoms with E-state index in [0.29, 0.717) is 22.0 Å². The standard InChI is InChI=1S/C15H15ClN2O3/c1-9-5-12(16)6-10(2)15(9)21-8-11-7-13(18(19)20)3-4-14(11)17/h3-7H,8,17H2,1-2H3. The Bertz CT molecular complexity index is 678. The van der Waals surface area contributed by atoms with E-state index in [1.54, 1.807) is 12.1 Å². The highest BCUT2D eigenvalue weighted by molar-refractivity contribution is 6.30. The second-order valence-corrected chi connectivity index (χ2v) is 5.23. The molecule has 0 spiro atoms. The number of nitro groups is 1. The lowest BCUT2D eigenvalue weighted by atomic mass is 10.1. The van der Waals surface area contributed by atoms with Crippen LogP contribution < -0.4 is 10.5 Å². The SMILES string of the molecule is Cc1cc(Cl)cc(C)c1OCc1cc([N+](=O)[O-])ccc1N. The highest BCUT2D eigenvalue weighted by Gasteiger charge is 2.11. The summed E-state index contributed by atoms with van der Waals surface area (Å²) in [6.45, 7) is 3.95. The molecule has 110 valence electrons. The first-order valence-electron chi connectivity index (χ1n) is 6.31. The van der Waals surface area contributed by atoms with E-state index in [9.17, 15) is 10.1 Å². The maximum atomic E-state index is 10.8. The highest BCUT2D eigenvalue weighted by Crippen LogP contribution is 2.29. The van der Waals surface area contributed by atoms with E-state index in [4.69, 9.17) is 22.1 Å². The third kappa shape index (κ3) is 3.44. The maximum Gasteiger partial charge on any atom is 0.269 e. The molecule has 2 aromatic carbocycles. The summed E-state index contributed by atoms with van der Waals surface area (Å²) in [6, 6.07) is 7.92. The van der Waals surface area contributed by atoms with Gasteiger partial charge in [-0.1, -0.05) is 11.6 Å². The summed E-state index contributed by atoms with van der Waals surface area (Å²) >= 11 is 5.97. The van der Waals surface area contributed by atoms with Crippen LogP contribution >= 0.6 is 11.6 Å². The minimum atomic E-state index is -0.457. The van der Waals surface area contributed by atoms with Gasteiger partial charge in [-0.2, -0.15) is 0 Å². The first-order chi connectivity index (χ1) is 9.88. The second-order valence-electron chi connectivity index (χ2n) is 4.80. The molecule has 2 N–H and O–H groups in total. The summed E-state index contributed by atoms with van der Waals surface area (Å²) < 4.78 is 5.76. The fourth-order valence-electron chi connectivity index (χ4n) is 2.11. The maximum absolute atomic E-state index is 10.8. The van der Waals surface area contributed by atoms with Gasteiger partial charge in [-0.15, -0.1) is 0 Å². The average molecular weight is 307 g/mol. The smallest absolute Gasteiger partial charge is 0.269 e. The first kappa shape index (κ1) is 15.1. The van der Waals surface area contributed by atoms with E-state index in [0.717, 1.165) is 11.1 Å². The van der Waals surface area contributed by atoms with Gasteiger partial charge in [-0.25, -0.2) is 0 Å². The quantitative estimate of drug-likeness (QED) is 0.525. The number of benzene rings is 2. The lowest BCUT2D eigenvalue weighted by Gasteiger charge is -2.13. The molecule has 0 amide bonds. The number of hydrogen-bond acceptors (Lipinski definition) is 4. The number of nitrogens with two attached hydrogens (primary N) is 1. The zero-order valence-corrected chi connectivity index (χ0v) is 12.5. The van der Waals surface area contributed by atoms with Crippen molar-refractivity contribution in [1.82, 2.24) is 0 Å². The van der Waals surface area contributed by atoms with Gasteiger partial charge in [-0.05, 0) is 43.2 Å². The van der Waals surface area contributed by atoms with Crippen molar-refractivity contribution in [2.24, 2.45) is 0 Å². The average Bonchev–Trinajstić information content (AvgIpc) is 2.39. The van der Waals surface area contributed by atoms with E-state index in [2.05, 4.69) is 0 Å². The fourth-order valence-corrected chi connectivity index (χ4v) is 2.43. The summed E-state index contributed by atoms with van der Waals surface area (Å²) in [7, 11) is 0. The van der Waals surface area contributed by atoms with Gasteiger partial charge in [-0.3, -0.25) is 10.1 Å². The Labute approximate surface area is 127 Å². The van der Waals surface area contributed by atoms with Crippen LogP contribution in [0.15, 0.2) is 30.3 Å². The summed E-state index contributed by atoms with van der Waals surface area (Å²) in [5.41, 5.74) is 8.68. The van der Waals surface area contributed by atoms with Crippen LogP contribution in [0, 0.1) is 24.0 Å². The molecule has 0 unspecified atom stereocenters. The molecule has 2 rings (SSSR count). The molecule has 0 radical (unpaired) electrons. The van der Waals surface area contributed by atoms with E-state index in [1.165, 1.54) is 18.2 Å². The van der Waals surface area contributed by atoms with Crippen molar-refractivity contribution in [3.63, 3.8) is 0 Å². The minimum absolute atomic E-state index is 0.00708. The predicted octanol–water partition coefficient (Wildman–Crippen LogP) is 4.03. The Hall–Kier alpha value is -2.27. The van der Waals surface area contributed by atoms with Gasteiger partial charge in [0.05, 0.1) is 4.92 Å². The fraction of sp³-hybridized carbons (Fsp3) is 0.200. The van der Waals surface area contributed by atoms with Crippen molar-refractivity contribution in [1.29, 1.82) is 0 Å². The molecule has 2 aromatic rings. The van der Waals surface area contributed by atoms with Gasteiger partial charge >= 0.3 is 0 Å². The number of nitrogens with zero attached hydrogens (tertiary/aromatic N) is 1. The molecule has 21 heavy (non-hydrogen) atoms. The minimum Gasteiger partial charge on any atom is -0.488 e. The molecule has 0 aliphatic rings. The third-order valence-electron chi connectivity index (χ3n) is 3.13. The number of hydrogen-bond donors (Lipinski definition) is 1. The molecule has 0 aliphatic heterocycles. The van der Waals surface area contributed by atoms with Gasteiger partial charge in [0.1, 0.15) is 12.4 Å². The lowest BCUT2D eigenvalue weighted by molar-refractivity contribution is -0.384. The molecule has 0 fully saturated rings. The molecule has 0 aliphatic carbocycles. The monoisotopic (exact) mass is 306 g/mol. The van der Waals surface area contributed by atoms with Crippen molar-refractivity contribution in [3.8, 4) is 5.75 Å². The second kappa shape index (κ2) is 6.01. The lowest BCUT2D eigenvalue weighted by Crippen LogP contribution is -2.03. The Kier molecular flexibility index (Phi) is 4.33. The Morgan fingerprint density at radius 1 is 1.24 bits per heavy atom. The van der Waals surface area contributed by atoms with Gasteiger partial charge in [0, 0.05) is 28.4 Å². The number of non-ortho nitro benzene ring substituents is 1. The molecule has 0 bridgehead atoms. The summed E-state index contributed by atoms with van der Waals surface area (Å²) in [4.78, 5) is 10.3. The van der Waals surface area contributed by atoms with E-state index in [1.807, 2.05) is 13.8 Å². The van der Waals surface area contributed by atoms with Crippen molar-refractivity contribution < 1.29 is 9.66 Å². The zero-order valence-electron chi connectivity index (χ0n) is 11.7. The van der Waals surface area contributed by atoms with E-state index in [-0.39, 0.29) is 12.3 Å². The van der Waals surface area contributed by atoms with Crippen molar-refractivity contribution in [2.75, 3.05) is 5.73 Å². The molecule has 0 saturated heterocycles. The summed E-state index contributed by atoms with van der Waals surface area (Å²) in [5, 5.41) is 11.4. The number of halogens is 1. The van der Waals surface area contributed by atoms with Crippen molar-refractivity contribution in [2.45, 2.75) is 20.5 Å². The highest BCUT2D eigenvalue weighted by atomic mass is 35.5. The molecule has 0 saturated carbocycles. The number of aryl methyl sites for hydroxylation is 2. The van der Waals surface area contributed by atoms with Crippen LogP contribution in [-0.4, -0.2) is 4.92 Å². The summed E-state index contributed by atoms with van der Waals surface area (Å²) in [5.74, 6) is 0.713. The van der Waals surface area contributed by atoms with Crippen molar-refractivity contribution >= 4 is 23.0 Å². The van der Waals surface area contributed by atoms with Gasteiger partial charge in [0.2, 0.25) is 0 Å². The van der Waals surface area contributed by atoms with Crippen LogP contribution in [0.1, 0.15) is 16.7 Å². The third-order valence-corrected chi connectivity index (χ3v) is 3.35. The number of anilines is 1. The Morgan fingerprint density at radius 2 is 1.86 bits per heavy atom. The number of ether oxygens (including phenoxy) is 1. The number of rotatable bonds is 4. The molecule has 0 atom stereocenters. The zero-order chi connectivity index (χ0) is 15.6. The van der Waals surface area contributed by atoms with E-state index < -0.39 is 4.92 Å². The molecular weight excluding hydrogens is 292 g/mol. The van der Waals surface area contributed by atoms with Crippen LogP contribution in [0.3, 0.4) is 0 Å². The topological polar surface area (TPSA) is 78.4 Å². The molecular formula is C15H15ClN2O3. The van der Waals surface area contributed by atoms with Crippen LogP contribution in [0.5, 0.6) is 5.75 Å². The largest absolute Gasteiger partial charge is 0.488 e. The molecule has 0 heterocycles. The Balaban J connectivity index is 2.24. The molecule has 0 aromatic heterocycles. The van der Waals surface area contributed by atoms with Crippen molar-refractivity contribution in [3.05, 3.63) is 62.2 Å². The van der Waals surface area contributed by atoms with E-state index >= 15 is 0 Å². The number of nitrogen functional groups attached to an aromatic ring is 1. The van der Waals surface area contributed by atoms with Crippen LogP contribution in [0.25, 0.3) is 0 Å². The summed E-state index contributed by atoms with van der Waals surface area (Å²) in [6.07, 6.45) is 0. The van der Waals surface area contributed by atoms with Gasteiger partial charge < -0.3 is 10.5 Å². The van der Waals surface area contributed by atoms with Crippen LogP contribution in [-0.2, 0) is 6.61 Å².